The van der Waals surface area contributed by atoms with Crippen LogP contribution in [0.25, 0.3) is 22.4 Å². The molecule has 0 amide bonds. The molecular formula is C18H12BrN3O2S. The summed E-state index contributed by atoms with van der Waals surface area (Å²) in [7, 11) is 1.60. The Bertz CT molecular complexity index is 1170. The fourth-order valence-corrected chi connectivity index (χ4v) is 3.66. The van der Waals surface area contributed by atoms with Gasteiger partial charge < -0.3 is 4.74 Å². The summed E-state index contributed by atoms with van der Waals surface area (Å²) in [5, 5.41) is 4.36. The van der Waals surface area contributed by atoms with Crippen LogP contribution in [0.2, 0.25) is 0 Å². The number of ether oxygens (including phenoxy) is 1. The molecule has 0 spiro atoms. The van der Waals surface area contributed by atoms with E-state index in [0.29, 0.717) is 21.1 Å². The van der Waals surface area contributed by atoms with Crippen LogP contribution in [-0.2, 0) is 0 Å². The number of hydrogen-bond acceptors (Lipinski definition) is 5. The van der Waals surface area contributed by atoms with Gasteiger partial charge in [0.1, 0.15) is 5.75 Å². The van der Waals surface area contributed by atoms with Gasteiger partial charge in [0.2, 0.25) is 4.96 Å². The van der Waals surface area contributed by atoms with Crippen molar-refractivity contribution in [3.8, 4) is 17.1 Å². The van der Waals surface area contributed by atoms with Crippen LogP contribution in [0.3, 0.4) is 0 Å². The second kappa shape index (κ2) is 6.42. The standard InChI is InChI=1S/C18H12BrN3O2S/c1-24-14-5-3-2-4-13(14)16-20-18-22(21-16)17(23)15(25-18)10-11-6-8-12(19)9-7-11/h2-10H,1H3/b15-10+. The van der Waals surface area contributed by atoms with E-state index in [-0.39, 0.29) is 5.56 Å². The summed E-state index contributed by atoms with van der Waals surface area (Å²) in [6.45, 7) is 0. The number of thiazole rings is 1. The molecule has 2 heterocycles. The van der Waals surface area contributed by atoms with E-state index in [9.17, 15) is 4.79 Å². The Morgan fingerprint density at radius 1 is 1.16 bits per heavy atom. The van der Waals surface area contributed by atoms with E-state index in [4.69, 9.17) is 4.74 Å². The second-order valence-corrected chi connectivity index (χ2v) is 7.22. The van der Waals surface area contributed by atoms with Crippen LogP contribution in [-0.4, -0.2) is 21.7 Å². The zero-order chi connectivity index (χ0) is 17.4. The summed E-state index contributed by atoms with van der Waals surface area (Å²) < 4.78 is 8.28. The van der Waals surface area contributed by atoms with E-state index in [2.05, 4.69) is 26.0 Å². The first-order valence-electron chi connectivity index (χ1n) is 7.46. The SMILES string of the molecule is COc1ccccc1-c1nc2s/c(=C/c3ccc(Br)cc3)c(=O)n2n1. The van der Waals surface area contributed by atoms with Gasteiger partial charge in [0.15, 0.2) is 5.82 Å². The molecule has 0 saturated carbocycles. The molecule has 0 aliphatic carbocycles. The number of halogens is 1. The van der Waals surface area contributed by atoms with Crippen LogP contribution < -0.4 is 14.8 Å². The van der Waals surface area contributed by atoms with Crippen molar-refractivity contribution < 1.29 is 4.74 Å². The number of hydrogen-bond donors (Lipinski definition) is 0. The Morgan fingerprint density at radius 2 is 1.92 bits per heavy atom. The second-order valence-electron chi connectivity index (χ2n) is 5.30. The van der Waals surface area contributed by atoms with Gasteiger partial charge in [-0.3, -0.25) is 4.79 Å². The smallest absolute Gasteiger partial charge is 0.291 e. The molecule has 0 radical (unpaired) electrons. The van der Waals surface area contributed by atoms with Gasteiger partial charge >= 0.3 is 0 Å². The van der Waals surface area contributed by atoms with Gasteiger partial charge in [0.05, 0.1) is 17.2 Å². The van der Waals surface area contributed by atoms with Crippen LogP contribution in [0.5, 0.6) is 5.75 Å². The van der Waals surface area contributed by atoms with Crippen molar-refractivity contribution in [2.75, 3.05) is 7.11 Å². The highest BCUT2D eigenvalue weighted by molar-refractivity contribution is 9.10. The molecule has 2 aromatic carbocycles. The van der Waals surface area contributed by atoms with Crippen molar-refractivity contribution in [3.63, 3.8) is 0 Å². The third kappa shape index (κ3) is 2.96. The van der Waals surface area contributed by atoms with E-state index in [1.54, 1.807) is 7.11 Å². The monoisotopic (exact) mass is 413 g/mol. The topological polar surface area (TPSA) is 56.5 Å². The van der Waals surface area contributed by atoms with Crippen molar-refractivity contribution in [2.24, 2.45) is 0 Å². The number of nitrogens with zero attached hydrogens (tertiary/aromatic N) is 3. The molecule has 7 heteroatoms. The average molecular weight is 414 g/mol. The molecule has 4 aromatic rings. The molecule has 0 aliphatic rings. The van der Waals surface area contributed by atoms with Crippen LogP contribution >= 0.6 is 27.3 Å². The Morgan fingerprint density at radius 3 is 2.64 bits per heavy atom. The van der Waals surface area contributed by atoms with Gasteiger partial charge in [-0.2, -0.15) is 9.50 Å². The van der Waals surface area contributed by atoms with Gasteiger partial charge in [-0.15, -0.1) is 5.10 Å². The summed E-state index contributed by atoms with van der Waals surface area (Å²) in [6.07, 6.45) is 1.85. The highest BCUT2D eigenvalue weighted by Gasteiger charge is 2.14. The highest BCUT2D eigenvalue weighted by atomic mass is 79.9. The average Bonchev–Trinajstić information content (AvgIpc) is 3.17. The lowest BCUT2D eigenvalue weighted by Crippen LogP contribution is -2.23. The fraction of sp³-hybridized carbons (Fsp3) is 0.0556. The quantitative estimate of drug-likeness (QED) is 0.517. The summed E-state index contributed by atoms with van der Waals surface area (Å²) in [6, 6.07) is 15.2. The molecule has 124 valence electrons. The minimum atomic E-state index is -0.170. The lowest BCUT2D eigenvalue weighted by Gasteiger charge is -2.03. The summed E-state index contributed by atoms with van der Waals surface area (Å²) in [5.41, 5.74) is 1.55. The maximum absolute atomic E-state index is 12.6. The molecule has 0 unspecified atom stereocenters. The van der Waals surface area contributed by atoms with Crippen molar-refractivity contribution in [2.45, 2.75) is 0 Å². The molecule has 4 rings (SSSR count). The summed E-state index contributed by atoms with van der Waals surface area (Å²) in [4.78, 5) is 17.7. The largest absolute Gasteiger partial charge is 0.496 e. The minimum Gasteiger partial charge on any atom is -0.496 e. The molecular weight excluding hydrogens is 402 g/mol. The number of benzene rings is 2. The Balaban J connectivity index is 1.82. The molecule has 0 bridgehead atoms. The Hall–Kier alpha value is -2.51. The van der Waals surface area contributed by atoms with Gasteiger partial charge in [0, 0.05) is 4.47 Å². The third-order valence-corrected chi connectivity index (χ3v) is 5.19. The van der Waals surface area contributed by atoms with Gasteiger partial charge in [0.25, 0.3) is 5.56 Å². The molecule has 2 aromatic heterocycles. The van der Waals surface area contributed by atoms with Crippen LogP contribution in [0.15, 0.2) is 57.8 Å². The summed E-state index contributed by atoms with van der Waals surface area (Å²) in [5.74, 6) is 1.16. The predicted octanol–water partition coefficient (Wildman–Crippen LogP) is 3.14. The third-order valence-electron chi connectivity index (χ3n) is 3.70. The number of methoxy groups -OCH3 is 1. The number of aromatic nitrogens is 3. The van der Waals surface area contributed by atoms with E-state index < -0.39 is 0 Å². The predicted molar refractivity (Wildman–Crippen MR) is 102 cm³/mol. The lowest BCUT2D eigenvalue weighted by molar-refractivity contribution is 0.416. The van der Waals surface area contributed by atoms with Gasteiger partial charge in [-0.1, -0.05) is 51.5 Å². The zero-order valence-corrected chi connectivity index (χ0v) is 15.5. The summed E-state index contributed by atoms with van der Waals surface area (Å²) >= 11 is 4.72. The Kier molecular flexibility index (Phi) is 4.10. The zero-order valence-electron chi connectivity index (χ0n) is 13.1. The minimum absolute atomic E-state index is 0.170. The molecule has 25 heavy (non-hydrogen) atoms. The first-order chi connectivity index (χ1) is 12.2. The maximum Gasteiger partial charge on any atom is 0.291 e. The number of para-hydroxylation sites is 1. The van der Waals surface area contributed by atoms with Crippen molar-refractivity contribution >= 4 is 38.3 Å². The first kappa shape index (κ1) is 16.0. The maximum atomic E-state index is 12.6. The first-order valence-corrected chi connectivity index (χ1v) is 9.07. The molecule has 5 nitrogen and oxygen atoms in total. The Labute approximate surface area is 155 Å². The van der Waals surface area contributed by atoms with Gasteiger partial charge in [-0.25, -0.2) is 0 Å². The van der Waals surface area contributed by atoms with Crippen molar-refractivity contribution in [1.82, 2.24) is 14.6 Å². The van der Waals surface area contributed by atoms with Crippen LogP contribution in [0.4, 0.5) is 0 Å². The highest BCUT2D eigenvalue weighted by Crippen LogP contribution is 2.27. The van der Waals surface area contributed by atoms with Crippen LogP contribution in [0.1, 0.15) is 5.56 Å². The van der Waals surface area contributed by atoms with E-state index >= 15 is 0 Å². The number of rotatable bonds is 3. The molecule has 0 atom stereocenters. The van der Waals surface area contributed by atoms with Crippen LogP contribution in [0, 0.1) is 0 Å². The fourth-order valence-electron chi connectivity index (χ4n) is 2.49. The molecule has 0 N–H and O–H groups in total. The lowest BCUT2D eigenvalue weighted by atomic mass is 10.2. The van der Waals surface area contributed by atoms with E-state index in [0.717, 1.165) is 15.6 Å². The van der Waals surface area contributed by atoms with Crippen molar-refractivity contribution in [1.29, 1.82) is 0 Å². The van der Waals surface area contributed by atoms with Crippen molar-refractivity contribution in [3.05, 3.63) is 73.5 Å². The molecule has 0 aliphatic heterocycles. The molecule has 0 saturated heterocycles. The molecule has 0 fully saturated rings. The number of fused-ring (bicyclic) bond motifs is 1. The van der Waals surface area contributed by atoms with Gasteiger partial charge in [-0.05, 0) is 35.9 Å². The normalized spacial score (nSPS) is 12.0. The van der Waals surface area contributed by atoms with E-state index in [1.165, 1.54) is 15.9 Å². The van der Waals surface area contributed by atoms with E-state index in [1.807, 2.05) is 54.6 Å².